The maximum Gasteiger partial charge on any atom is 0.129 e. The monoisotopic (exact) mass is 269 g/mol. The van der Waals surface area contributed by atoms with Crippen LogP contribution in [0.5, 0.6) is 5.75 Å². The number of terminal acetylenes is 1. The molecule has 2 nitrogen and oxygen atoms in total. The largest absolute Gasteiger partial charge is 0.488 e. The lowest BCUT2D eigenvalue weighted by molar-refractivity contribution is 0.296. The lowest BCUT2D eigenvalue weighted by atomic mass is 10.2. The van der Waals surface area contributed by atoms with Gasteiger partial charge < -0.3 is 10.1 Å². The first-order valence-corrected chi connectivity index (χ1v) is 6.39. The van der Waals surface area contributed by atoms with Gasteiger partial charge in [0.1, 0.15) is 18.2 Å². The van der Waals surface area contributed by atoms with Gasteiger partial charge in [-0.2, -0.15) is 0 Å². The van der Waals surface area contributed by atoms with Gasteiger partial charge in [0.25, 0.3) is 0 Å². The van der Waals surface area contributed by atoms with Crippen molar-refractivity contribution in [2.75, 3.05) is 6.54 Å². The summed E-state index contributed by atoms with van der Waals surface area (Å²) in [4.78, 5) is 0. The second-order valence-corrected chi connectivity index (χ2v) is 4.30. The summed E-state index contributed by atoms with van der Waals surface area (Å²) in [6.45, 7) is 1.33. The number of nitrogens with one attached hydrogen (secondary N) is 1. The zero-order valence-corrected chi connectivity index (χ0v) is 11.1. The van der Waals surface area contributed by atoms with Gasteiger partial charge in [-0.1, -0.05) is 42.3 Å². The summed E-state index contributed by atoms with van der Waals surface area (Å²) in [5.41, 5.74) is 1.54. The van der Waals surface area contributed by atoms with Crippen LogP contribution in [0.4, 0.5) is 4.39 Å². The Morgan fingerprint density at radius 3 is 2.50 bits per heavy atom. The molecule has 20 heavy (non-hydrogen) atoms. The fourth-order valence-electron chi connectivity index (χ4n) is 1.83. The molecule has 102 valence electrons. The second kappa shape index (κ2) is 7.32. The minimum absolute atomic E-state index is 0.207. The summed E-state index contributed by atoms with van der Waals surface area (Å²) >= 11 is 0. The first kappa shape index (κ1) is 14.1. The summed E-state index contributed by atoms with van der Waals surface area (Å²) in [6.07, 6.45) is 5.20. The molecule has 0 saturated heterocycles. The van der Waals surface area contributed by atoms with Crippen molar-refractivity contribution in [2.24, 2.45) is 0 Å². The van der Waals surface area contributed by atoms with E-state index in [1.54, 1.807) is 18.2 Å². The maximum atomic E-state index is 13.5. The molecule has 0 aliphatic rings. The molecule has 0 amide bonds. The Balaban J connectivity index is 2.02. The van der Waals surface area contributed by atoms with Crippen molar-refractivity contribution in [3.8, 4) is 18.1 Å². The fourth-order valence-corrected chi connectivity index (χ4v) is 1.83. The van der Waals surface area contributed by atoms with Crippen molar-refractivity contribution in [1.29, 1.82) is 0 Å². The highest BCUT2D eigenvalue weighted by Gasteiger charge is 2.05. The molecule has 0 bridgehead atoms. The van der Waals surface area contributed by atoms with Crippen LogP contribution >= 0.6 is 0 Å². The van der Waals surface area contributed by atoms with Crippen molar-refractivity contribution in [3.63, 3.8) is 0 Å². The summed E-state index contributed by atoms with van der Waals surface area (Å²) in [5, 5.41) is 3.11. The predicted octanol–water partition coefficient (Wildman–Crippen LogP) is 3.13. The number of halogens is 1. The number of ether oxygens (including phenoxy) is 1. The van der Waals surface area contributed by atoms with E-state index in [-0.39, 0.29) is 12.4 Å². The molecule has 0 atom stereocenters. The van der Waals surface area contributed by atoms with Crippen molar-refractivity contribution >= 4 is 0 Å². The third-order valence-corrected chi connectivity index (χ3v) is 2.86. The summed E-state index contributed by atoms with van der Waals surface area (Å²) in [5.74, 6) is 3.00. The van der Waals surface area contributed by atoms with E-state index in [9.17, 15) is 4.39 Å². The van der Waals surface area contributed by atoms with Crippen molar-refractivity contribution in [2.45, 2.75) is 13.2 Å². The van der Waals surface area contributed by atoms with Crippen LogP contribution in [0, 0.1) is 18.2 Å². The van der Waals surface area contributed by atoms with Crippen LogP contribution in [0.2, 0.25) is 0 Å². The molecule has 0 aromatic heterocycles. The van der Waals surface area contributed by atoms with Gasteiger partial charge in [-0.3, -0.25) is 0 Å². The highest BCUT2D eigenvalue weighted by Crippen LogP contribution is 2.19. The topological polar surface area (TPSA) is 21.3 Å². The molecule has 2 aromatic carbocycles. The van der Waals surface area contributed by atoms with Crippen LogP contribution in [0.3, 0.4) is 0 Å². The highest BCUT2D eigenvalue weighted by molar-refractivity contribution is 5.33. The molecule has 3 heteroatoms. The fraction of sp³-hybridized carbons (Fsp3) is 0.176. The molecule has 0 heterocycles. The van der Waals surface area contributed by atoms with E-state index in [1.165, 1.54) is 6.07 Å². The predicted molar refractivity (Wildman–Crippen MR) is 77.7 cm³/mol. The van der Waals surface area contributed by atoms with Crippen molar-refractivity contribution < 1.29 is 9.13 Å². The van der Waals surface area contributed by atoms with Crippen molar-refractivity contribution in [3.05, 3.63) is 65.5 Å². The summed E-state index contributed by atoms with van der Waals surface area (Å²) in [6, 6.07) is 14.3. The van der Waals surface area contributed by atoms with E-state index in [1.807, 2.05) is 24.3 Å². The minimum Gasteiger partial charge on any atom is -0.488 e. The Hall–Kier alpha value is -2.31. The SMILES string of the molecule is C#CCNCc1ccccc1OCc1ccccc1F. The van der Waals surface area contributed by atoms with Gasteiger partial charge in [0.05, 0.1) is 6.54 Å². The van der Waals surface area contributed by atoms with E-state index in [4.69, 9.17) is 11.2 Å². The quantitative estimate of drug-likeness (QED) is 0.642. The molecule has 2 rings (SSSR count). The van der Waals surface area contributed by atoms with E-state index in [2.05, 4.69) is 11.2 Å². The normalized spacial score (nSPS) is 10.0. The second-order valence-electron chi connectivity index (χ2n) is 4.30. The lowest BCUT2D eigenvalue weighted by Gasteiger charge is -2.12. The molecule has 2 aromatic rings. The Morgan fingerprint density at radius 2 is 1.75 bits per heavy atom. The smallest absolute Gasteiger partial charge is 0.129 e. The van der Waals surface area contributed by atoms with Gasteiger partial charge in [-0.05, 0) is 12.1 Å². The number of hydrogen-bond donors (Lipinski definition) is 1. The summed E-state index contributed by atoms with van der Waals surface area (Å²) in [7, 11) is 0. The Bertz CT molecular complexity index is 604. The third-order valence-electron chi connectivity index (χ3n) is 2.86. The van der Waals surface area contributed by atoms with Crippen LogP contribution < -0.4 is 10.1 Å². The average Bonchev–Trinajstić information content (AvgIpc) is 2.48. The molecule has 0 spiro atoms. The molecule has 0 unspecified atom stereocenters. The summed E-state index contributed by atoms with van der Waals surface area (Å²) < 4.78 is 19.2. The van der Waals surface area contributed by atoms with Gasteiger partial charge in [0.15, 0.2) is 0 Å². The number of hydrogen-bond acceptors (Lipinski definition) is 2. The van der Waals surface area contributed by atoms with Crippen LogP contribution in [-0.4, -0.2) is 6.54 Å². The van der Waals surface area contributed by atoms with E-state index in [0.717, 1.165) is 11.3 Å². The van der Waals surface area contributed by atoms with Gasteiger partial charge in [0.2, 0.25) is 0 Å². The van der Waals surface area contributed by atoms with Crippen LogP contribution in [0.1, 0.15) is 11.1 Å². The number of benzene rings is 2. The van der Waals surface area contributed by atoms with Gasteiger partial charge >= 0.3 is 0 Å². The van der Waals surface area contributed by atoms with E-state index >= 15 is 0 Å². The highest BCUT2D eigenvalue weighted by atomic mass is 19.1. The zero-order chi connectivity index (χ0) is 14.2. The lowest BCUT2D eigenvalue weighted by Crippen LogP contribution is -2.14. The molecule has 0 radical (unpaired) electrons. The minimum atomic E-state index is -0.254. The van der Waals surface area contributed by atoms with Crippen LogP contribution in [0.15, 0.2) is 48.5 Å². The van der Waals surface area contributed by atoms with E-state index < -0.39 is 0 Å². The molecule has 1 N–H and O–H groups in total. The average molecular weight is 269 g/mol. The van der Waals surface area contributed by atoms with Crippen molar-refractivity contribution in [1.82, 2.24) is 5.32 Å². The molecular weight excluding hydrogens is 253 g/mol. The Labute approximate surface area is 118 Å². The number of rotatable bonds is 6. The third kappa shape index (κ3) is 3.84. The first-order valence-electron chi connectivity index (χ1n) is 6.39. The molecule has 0 fully saturated rings. The van der Waals surface area contributed by atoms with E-state index in [0.29, 0.717) is 18.7 Å². The van der Waals surface area contributed by atoms with Gasteiger partial charge in [0, 0.05) is 17.7 Å². The zero-order valence-electron chi connectivity index (χ0n) is 11.1. The molecule has 0 aliphatic carbocycles. The maximum absolute atomic E-state index is 13.5. The van der Waals surface area contributed by atoms with Crippen LogP contribution in [0.25, 0.3) is 0 Å². The molecule has 0 saturated carbocycles. The van der Waals surface area contributed by atoms with Gasteiger partial charge in [-0.15, -0.1) is 6.42 Å². The standard InChI is InChI=1S/C17H16FNO/c1-2-11-19-12-14-7-4-6-10-17(14)20-13-15-8-3-5-9-16(15)18/h1,3-10,19H,11-13H2. The Morgan fingerprint density at radius 1 is 1.05 bits per heavy atom. The molecular formula is C17H16FNO. The number of para-hydroxylation sites is 1. The van der Waals surface area contributed by atoms with Gasteiger partial charge in [-0.25, -0.2) is 4.39 Å². The molecule has 0 aliphatic heterocycles. The first-order chi connectivity index (χ1) is 9.81. The van der Waals surface area contributed by atoms with Crippen LogP contribution in [-0.2, 0) is 13.2 Å². The Kier molecular flexibility index (Phi) is 5.16.